The van der Waals surface area contributed by atoms with Crippen molar-refractivity contribution in [2.45, 2.75) is 46.5 Å². The van der Waals surface area contributed by atoms with Crippen molar-refractivity contribution in [3.63, 3.8) is 0 Å². The summed E-state index contributed by atoms with van der Waals surface area (Å²) in [4.78, 5) is 23.5. The summed E-state index contributed by atoms with van der Waals surface area (Å²) in [5.74, 6) is -1.10. The Labute approximate surface area is 117 Å². The minimum Gasteiger partial charge on any atom is -0.477 e. The van der Waals surface area contributed by atoms with Gasteiger partial charge in [0, 0.05) is 5.92 Å². The summed E-state index contributed by atoms with van der Waals surface area (Å²) in [6.07, 6.45) is 3.70. The van der Waals surface area contributed by atoms with Gasteiger partial charge < -0.3 is 10.4 Å². The van der Waals surface area contributed by atoms with Crippen LogP contribution in [0.2, 0.25) is 0 Å². The van der Waals surface area contributed by atoms with Gasteiger partial charge in [0.2, 0.25) is 5.91 Å². The fraction of sp³-hybridized carbons (Fsp3) is 0.571. The molecule has 1 rings (SSSR count). The van der Waals surface area contributed by atoms with Crippen LogP contribution in [0, 0.1) is 12.8 Å². The average Bonchev–Trinajstić information content (AvgIpc) is 2.72. The van der Waals surface area contributed by atoms with E-state index < -0.39 is 5.97 Å². The number of rotatable bonds is 7. The maximum Gasteiger partial charge on any atom is 0.348 e. The Hall–Kier alpha value is -1.36. The second-order valence-corrected chi connectivity index (χ2v) is 5.54. The number of carbonyl (C=O) groups is 2. The molecule has 1 unspecified atom stereocenters. The third kappa shape index (κ3) is 4.06. The molecule has 106 valence electrons. The molecule has 19 heavy (non-hydrogen) atoms. The average molecular weight is 283 g/mol. The Morgan fingerprint density at radius 1 is 1.42 bits per heavy atom. The zero-order chi connectivity index (χ0) is 14.4. The van der Waals surface area contributed by atoms with Gasteiger partial charge in [0.05, 0.1) is 5.69 Å². The van der Waals surface area contributed by atoms with Crippen LogP contribution in [-0.4, -0.2) is 17.0 Å². The topological polar surface area (TPSA) is 66.4 Å². The van der Waals surface area contributed by atoms with Crippen molar-refractivity contribution in [1.82, 2.24) is 0 Å². The molecule has 0 spiro atoms. The molecule has 1 atom stereocenters. The van der Waals surface area contributed by atoms with E-state index >= 15 is 0 Å². The highest BCUT2D eigenvalue weighted by molar-refractivity contribution is 7.12. The standard InChI is InChI=1S/C14H21NO3S/c1-4-6-7-10(5-2)13(16)15-11-9(3)8-19-12(11)14(17)18/h8,10H,4-7H2,1-3H3,(H,15,16)(H,17,18). The molecule has 0 aliphatic rings. The van der Waals surface area contributed by atoms with Crippen molar-refractivity contribution in [2.24, 2.45) is 5.92 Å². The van der Waals surface area contributed by atoms with Gasteiger partial charge in [0.15, 0.2) is 0 Å². The number of carboxylic acids is 1. The first-order valence-electron chi connectivity index (χ1n) is 6.63. The number of aromatic carboxylic acids is 1. The maximum absolute atomic E-state index is 12.2. The zero-order valence-electron chi connectivity index (χ0n) is 11.7. The molecule has 0 aliphatic carbocycles. The van der Waals surface area contributed by atoms with Gasteiger partial charge in [-0.15, -0.1) is 11.3 Å². The van der Waals surface area contributed by atoms with Crippen LogP contribution in [0.1, 0.15) is 54.8 Å². The molecule has 0 saturated carbocycles. The predicted molar refractivity (Wildman–Crippen MR) is 78.0 cm³/mol. The summed E-state index contributed by atoms with van der Waals surface area (Å²) in [5.41, 5.74) is 1.26. The number of thiophene rings is 1. The van der Waals surface area contributed by atoms with Gasteiger partial charge in [-0.05, 0) is 30.7 Å². The van der Waals surface area contributed by atoms with E-state index in [-0.39, 0.29) is 16.7 Å². The summed E-state index contributed by atoms with van der Waals surface area (Å²) in [6.45, 7) is 5.89. The summed E-state index contributed by atoms with van der Waals surface area (Å²) in [5, 5.41) is 13.6. The van der Waals surface area contributed by atoms with E-state index in [4.69, 9.17) is 5.11 Å². The first kappa shape index (κ1) is 15.7. The van der Waals surface area contributed by atoms with E-state index in [0.717, 1.165) is 42.6 Å². The maximum atomic E-state index is 12.2. The smallest absolute Gasteiger partial charge is 0.348 e. The van der Waals surface area contributed by atoms with Gasteiger partial charge in [-0.2, -0.15) is 0 Å². The predicted octanol–water partition coefficient (Wildman–Crippen LogP) is 3.91. The van der Waals surface area contributed by atoms with Gasteiger partial charge in [-0.25, -0.2) is 4.79 Å². The van der Waals surface area contributed by atoms with Gasteiger partial charge in [0.25, 0.3) is 0 Å². The van der Waals surface area contributed by atoms with Crippen molar-refractivity contribution in [2.75, 3.05) is 5.32 Å². The van der Waals surface area contributed by atoms with Crippen LogP contribution < -0.4 is 5.32 Å². The lowest BCUT2D eigenvalue weighted by Crippen LogP contribution is -2.23. The number of aryl methyl sites for hydroxylation is 1. The molecule has 0 saturated heterocycles. The van der Waals surface area contributed by atoms with E-state index in [2.05, 4.69) is 12.2 Å². The highest BCUT2D eigenvalue weighted by Crippen LogP contribution is 2.28. The third-order valence-electron chi connectivity index (χ3n) is 3.19. The Kier molecular flexibility index (Phi) is 6.02. The Bertz CT molecular complexity index is 454. The fourth-order valence-electron chi connectivity index (χ4n) is 1.95. The number of nitrogens with one attached hydrogen (secondary N) is 1. The highest BCUT2D eigenvalue weighted by Gasteiger charge is 2.21. The van der Waals surface area contributed by atoms with Crippen LogP contribution >= 0.6 is 11.3 Å². The van der Waals surface area contributed by atoms with Crippen LogP contribution in [-0.2, 0) is 4.79 Å². The van der Waals surface area contributed by atoms with Gasteiger partial charge >= 0.3 is 5.97 Å². The second-order valence-electron chi connectivity index (χ2n) is 4.66. The van der Waals surface area contributed by atoms with Crippen LogP contribution in [0.4, 0.5) is 5.69 Å². The van der Waals surface area contributed by atoms with Crippen molar-refractivity contribution < 1.29 is 14.7 Å². The number of anilines is 1. The molecular weight excluding hydrogens is 262 g/mol. The lowest BCUT2D eigenvalue weighted by molar-refractivity contribution is -0.120. The fourth-order valence-corrected chi connectivity index (χ4v) is 2.80. The molecule has 5 heteroatoms. The molecule has 2 N–H and O–H groups in total. The first-order valence-corrected chi connectivity index (χ1v) is 7.51. The van der Waals surface area contributed by atoms with Gasteiger partial charge in [0.1, 0.15) is 4.88 Å². The Morgan fingerprint density at radius 3 is 2.63 bits per heavy atom. The summed E-state index contributed by atoms with van der Waals surface area (Å²) in [6, 6.07) is 0. The van der Waals surface area contributed by atoms with Crippen LogP contribution in [0.15, 0.2) is 5.38 Å². The highest BCUT2D eigenvalue weighted by atomic mass is 32.1. The van der Waals surface area contributed by atoms with Crippen LogP contribution in [0.25, 0.3) is 0 Å². The minimum atomic E-state index is -0.991. The number of hydrogen-bond donors (Lipinski definition) is 2. The molecule has 0 aromatic carbocycles. The molecule has 1 amide bonds. The minimum absolute atomic E-state index is 0.0408. The second kappa shape index (κ2) is 7.28. The zero-order valence-corrected chi connectivity index (χ0v) is 12.5. The van der Waals surface area contributed by atoms with E-state index in [1.807, 2.05) is 13.8 Å². The van der Waals surface area contributed by atoms with Crippen molar-refractivity contribution >= 4 is 28.9 Å². The number of carboxylic acid groups (broad SMARTS) is 1. The van der Waals surface area contributed by atoms with Crippen molar-refractivity contribution in [1.29, 1.82) is 0 Å². The summed E-state index contributed by atoms with van der Waals surface area (Å²) in [7, 11) is 0. The lowest BCUT2D eigenvalue weighted by atomic mass is 9.98. The normalized spacial score (nSPS) is 12.2. The molecule has 1 aromatic heterocycles. The molecule has 1 aromatic rings. The third-order valence-corrected chi connectivity index (χ3v) is 4.27. The SMILES string of the molecule is CCCCC(CC)C(=O)Nc1c(C)csc1C(=O)O. The van der Waals surface area contributed by atoms with E-state index in [0.29, 0.717) is 5.69 Å². The van der Waals surface area contributed by atoms with Crippen LogP contribution in [0.5, 0.6) is 0 Å². The van der Waals surface area contributed by atoms with E-state index in [1.54, 1.807) is 5.38 Å². The van der Waals surface area contributed by atoms with Crippen molar-refractivity contribution in [3.8, 4) is 0 Å². The first-order chi connectivity index (χ1) is 9.01. The lowest BCUT2D eigenvalue weighted by Gasteiger charge is -2.15. The van der Waals surface area contributed by atoms with Crippen molar-refractivity contribution in [3.05, 3.63) is 15.8 Å². The number of carbonyl (C=O) groups excluding carboxylic acids is 1. The molecule has 0 fully saturated rings. The molecule has 0 bridgehead atoms. The Balaban J connectivity index is 2.80. The van der Waals surface area contributed by atoms with E-state index in [1.165, 1.54) is 0 Å². The Morgan fingerprint density at radius 2 is 2.11 bits per heavy atom. The number of amides is 1. The largest absolute Gasteiger partial charge is 0.477 e. The van der Waals surface area contributed by atoms with Gasteiger partial charge in [-0.1, -0.05) is 26.7 Å². The molecule has 1 heterocycles. The van der Waals surface area contributed by atoms with Gasteiger partial charge in [-0.3, -0.25) is 4.79 Å². The van der Waals surface area contributed by atoms with E-state index in [9.17, 15) is 9.59 Å². The quantitative estimate of drug-likeness (QED) is 0.797. The summed E-state index contributed by atoms with van der Waals surface area (Å²) < 4.78 is 0. The summed E-state index contributed by atoms with van der Waals surface area (Å²) >= 11 is 1.15. The molecule has 0 aliphatic heterocycles. The number of unbranched alkanes of at least 4 members (excludes halogenated alkanes) is 1. The molecule has 0 radical (unpaired) electrons. The monoisotopic (exact) mass is 283 g/mol. The molecule has 4 nitrogen and oxygen atoms in total. The van der Waals surface area contributed by atoms with Crippen LogP contribution in [0.3, 0.4) is 0 Å². The number of hydrogen-bond acceptors (Lipinski definition) is 3. The molecular formula is C14H21NO3S.